The van der Waals surface area contributed by atoms with Crippen molar-refractivity contribution >= 4 is 5.69 Å². The Bertz CT molecular complexity index is 412. The second-order valence-corrected chi connectivity index (χ2v) is 6.35. The molecule has 0 amide bonds. The predicted octanol–water partition coefficient (Wildman–Crippen LogP) is 4.46. The van der Waals surface area contributed by atoms with Gasteiger partial charge >= 0.3 is 0 Å². The SMILES string of the molecule is CCCN(CCC)c1ccc(CNCCC(C)C)cc1OC. The largest absolute Gasteiger partial charge is 0.495 e. The molecule has 0 aliphatic carbocycles. The van der Waals surface area contributed by atoms with E-state index in [1.54, 1.807) is 7.11 Å². The third-order valence-electron chi connectivity index (χ3n) is 3.80. The van der Waals surface area contributed by atoms with Gasteiger partial charge in [-0.3, -0.25) is 0 Å². The molecule has 3 nitrogen and oxygen atoms in total. The van der Waals surface area contributed by atoms with Crippen molar-refractivity contribution in [2.24, 2.45) is 5.92 Å². The van der Waals surface area contributed by atoms with Crippen LogP contribution in [0.15, 0.2) is 18.2 Å². The van der Waals surface area contributed by atoms with Gasteiger partial charge in [0, 0.05) is 19.6 Å². The van der Waals surface area contributed by atoms with Crippen LogP contribution in [0.4, 0.5) is 5.69 Å². The highest BCUT2D eigenvalue weighted by Crippen LogP contribution is 2.29. The van der Waals surface area contributed by atoms with Crippen LogP contribution in [0, 0.1) is 5.92 Å². The van der Waals surface area contributed by atoms with E-state index < -0.39 is 0 Å². The lowest BCUT2D eigenvalue weighted by Gasteiger charge is -2.26. The van der Waals surface area contributed by atoms with E-state index in [1.807, 2.05) is 0 Å². The summed E-state index contributed by atoms with van der Waals surface area (Å²) in [5, 5.41) is 3.51. The van der Waals surface area contributed by atoms with Gasteiger partial charge in [0.05, 0.1) is 12.8 Å². The van der Waals surface area contributed by atoms with Crippen LogP contribution in [-0.2, 0) is 6.54 Å². The molecular weight excluding hydrogens is 272 g/mol. The van der Waals surface area contributed by atoms with Crippen molar-refractivity contribution in [3.63, 3.8) is 0 Å². The van der Waals surface area contributed by atoms with Crippen LogP contribution in [0.5, 0.6) is 5.75 Å². The number of rotatable bonds is 11. The van der Waals surface area contributed by atoms with E-state index in [0.29, 0.717) is 0 Å². The number of anilines is 1. The summed E-state index contributed by atoms with van der Waals surface area (Å²) < 4.78 is 5.63. The van der Waals surface area contributed by atoms with Crippen molar-refractivity contribution in [1.82, 2.24) is 5.32 Å². The number of methoxy groups -OCH3 is 1. The fraction of sp³-hybridized carbons (Fsp3) is 0.684. The van der Waals surface area contributed by atoms with E-state index in [2.05, 4.69) is 56.1 Å². The highest BCUT2D eigenvalue weighted by molar-refractivity contribution is 5.59. The van der Waals surface area contributed by atoms with Crippen LogP contribution in [0.1, 0.15) is 52.5 Å². The minimum Gasteiger partial charge on any atom is -0.495 e. The van der Waals surface area contributed by atoms with Gasteiger partial charge < -0.3 is 15.0 Å². The van der Waals surface area contributed by atoms with E-state index in [1.165, 1.54) is 17.7 Å². The molecule has 0 saturated carbocycles. The monoisotopic (exact) mass is 306 g/mol. The summed E-state index contributed by atoms with van der Waals surface area (Å²) >= 11 is 0. The molecule has 0 bridgehead atoms. The molecule has 0 aromatic heterocycles. The Hall–Kier alpha value is -1.22. The van der Waals surface area contributed by atoms with Crippen molar-refractivity contribution in [2.75, 3.05) is 31.6 Å². The van der Waals surface area contributed by atoms with Crippen LogP contribution < -0.4 is 15.0 Å². The molecule has 22 heavy (non-hydrogen) atoms. The summed E-state index contributed by atoms with van der Waals surface area (Å²) in [4.78, 5) is 2.43. The predicted molar refractivity (Wildman–Crippen MR) is 97.0 cm³/mol. The second kappa shape index (κ2) is 10.5. The molecule has 1 rings (SSSR count). The molecule has 3 heteroatoms. The summed E-state index contributed by atoms with van der Waals surface area (Å²) in [6.07, 6.45) is 3.53. The molecule has 1 aromatic carbocycles. The fourth-order valence-corrected chi connectivity index (χ4v) is 2.61. The molecule has 0 fully saturated rings. The third kappa shape index (κ3) is 6.27. The van der Waals surface area contributed by atoms with Crippen molar-refractivity contribution in [3.05, 3.63) is 23.8 Å². The Morgan fingerprint density at radius 3 is 2.36 bits per heavy atom. The maximum Gasteiger partial charge on any atom is 0.142 e. The minimum atomic E-state index is 0.751. The fourth-order valence-electron chi connectivity index (χ4n) is 2.61. The topological polar surface area (TPSA) is 24.5 Å². The summed E-state index contributed by atoms with van der Waals surface area (Å²) in [6, 6.07) is 6.61. The van der Waals surface area contributed by atoms with Gasteiger partial charge in [0.1, 0.15) is 5.75 Å². The molecule has 0 unspecified atom stereocenters. The Kier molecular flexibility index (Phi) is 8.98. The van der Waals surface area contributed by atoms with Crippen molar-refractivity contribution < 1.29 is 4.74 Å². The van der Waals surface area contributed by atoms with Crippen molar-refractivity contribution in [2.45, 2.75) is 53.5 Å². The number of hydrogen-bond donors (Lipinski definition) is 1. The van der Waals surface area contributed by atoms with E-state index in [4.69, 9.17) is 4.74 Å². The third-order valence-corrected chi connectivity index (χ3v) is 3.80. The second-order valence-electron chi connectivity index (χ2n) is 6.35. The first kappa shape index (κ1) is 18.8. The number of hydrogen-bond acceptors (Lipinski definition) is 3. The van der Waals surface area contributed by atoms with Crippen LogP contribution in [0.2, 0.25) is 0 Å². The lowest BCUT2D eigenvalue weighted by molar-refractivity contribution is 0.413. The van der Waals surface area contributed by atoms with E-state index in [0.717, 1.165) is 50.7 Å². The molecule has 126 valence electrons. The summed E-state index contributed by atoms with van der Waals surface area (Å²) in [7, 11) is 1.77. The van der Waals surface area contributed by atoms with E-state index in [9.17, 15) is 0 Å². The van der Waals surface area contributed by atoms with Crippen LogP contribution in [0.3, 0.4) is 0 Å². The first-order chi connectivity index (χ1) is 10.6. The summed E-state index contributed by atoms with van der Waals surface area (Å²) in [6.45, 7) is 13.1. The first-order valence-corrected chi connectivity index (χ1v) is 8.74. The Labute approximate surface area is 137 Å². The normalized spacial score (nSPS) is 11.0. The van der Waals surface area contributed by atoms with Crippen molar-refractivity contribution in [1.29, 1.82) is 0 Å². The van der Waals surface area contributed by atoms with Gasteiger partial charge in [-0.15, -0.1) is 0 Å². The molecular formula is C19H34N2O. The highest BCUT2D eigenvalue weighted by Gasteiger charge is 2.11. The average molecular weight is 306 g/mol. The summed E-state index contributed by atoms with van der Waals surface area (Å²) in [5.41, 5.74) is 2.51. The molecule has 0 aliphatic rings. The van der Waals surface area contributed by atoms with Gasteiger partial charge in [-0.2, -0.15) is 0 Å². The maximum atomic E-state index is 5.63. The zero-order chi connectivity index (χ0) is 16.4. The first-order valence-electron chi connectivity index (χ1n) is 8.74. The molecule has 0 atom stereocenters. The van der Waals surface area contributed by atoms with Gasteiger partial charge in [-0.1, -0.05) is 33.8 Å². The lowest BCUT2D eigenvalue weighted by Crippen LogP contribution is -2.25. The lowest BCUT2D eigenvalue weighted by atomic mass is 10.1. The minimum absolute atomic E-state index is 0.751. The van der Waals surface area contributed by atoms with E-state index in [-0.39, 0.29) is 0 Å². The van der Waals surface area contributed by atoms with E-state index >= 15 is 0 Å². The molecule has 0 radical (unpaired) electrons. The number of nitrogens with zero attached hydrogens (tertiary/aromatic N) is 1. The Balaban J connectivity index is 2.72. The maximum absolute atomic E-state index is 5.63. The summed E-state index contributed by atoms with van der Waals surface area (Å²) in [5.74, 6) is 1.74. The van der Waals surface area contributed by atoms with Crippen LogP contribution in [0.25, 0.3) is 0 Å². The van der Waals surface area contributed by atoms with Gasteiger partial charge in [-0.05, 0) is 49.4 Å². The molecule has 0 saturated heterocycles. The van der Waals surface area contributed by atoms with Gasteiger partial charge in [0.15, 0.2) is 0 Å². The zero-order valence-electron chi connectivity index (χ0n) is 15.1. The number of benzene rings is 1. The molecule has 0 spiro atoms. The van der Waals surface area contributed by atoms with Crippen LogP contribution in [-0.4, -0.2) is 26.7 Å². The van der Waals surface area contributed by atoms with Gasteiger partial charge in [0.2, 0.25) is 0 Å². The molecule has 0 heterocycles. The van der Waals surface area contributed by atoms with Crippen LogP contribution >= 0.6 is 0 Å². The smallest absolute Gasteiger partial charge is 0.142 e. The van der Waals surface area contributed by atoms with Crippen molar-refractivity contribution in [3.8, 4) is 5.75 Å². The average Bonchev–Trinajstić information content (AvgIpc) is 2.51. The van der Waals surface area contributed by atoms with Gasteiger partial charge in [-0.25, -0.2) is 0 Å². The Morgan fingerprint density at radius 1 is 1.14 bits per heavy atom. The quantitative estimate of drug-likeness (QED) is 0.611. The zero-order valence-corrected chi connectivity index (χ0v) is 15.1. The molecule has 1 N–H and O–H groups in total. The van der Waals surface area contributed by atoms with Gasteiger partial charge in [0.25, 0.3) is 0 Å². The standard InChI is InChI=1S/C19H34N2O/c1-6-12-21(13-7-2)18-9-8-17(14-19(18)22-5)15-20-11-10-16(3)4/h8-9,14,16,20H,6-7,10-13,15H2,1-5H3. The molecule has 0 aliphatic heterocycles. The Morgan fingerprint density at radius 2 is 1.82 bits per heavy atom. The number of ether oxygens (including phenoxy) is 1. The highest BCUT2D eigenvalue weighted by atomic mass is 16.5. The number of nitrogens with one attached hydrogen (secondary N) is 1. The molecule has 1 aromatic rings.